The minimum absolute atomic E-state index is 0.139. The second-order valence-electron chi connectivity index (χ2n) is 5.50. The zero-order valence-electron chi connectivity index (χ0n) is 11.7. The highest BCUT2D eigenvalue weighted by molar-refractivity contribution is 5.37. The smallest absolute Gasteiger partial charge is 0.123 e. The van der Waals surface area contributed by atoms with Gasteiger partial charge in [-0.05, 0) is 36.5 Å². The Morgan fingerprint density at radius 1 is 1.05 bits per heavy atom. The van der Waals surface area contributed by atoms with Gasteiger partial charge in [0, 0.05) is 12.5 Å². The standard InChI is InChI=1S/C18H21NO/c19-17(14-7-2-1-3-8-14)11-6-10-16-13-15-9-4-5-12-18(15)20-16/h1-5,7-9,12,16-17H,6,10-11,13,19H2. The molecule has 1 aliphatic rings. The fourth-order valence-electron chi connectivity index (χ4n) is 2.85. The Kier molecular flexibility index (Phi) is 4.03. The molecule has 0 bridgehead atoms. The van der Waals surface area contributed by atoms with Crippen LogP contribution in [-0.2, 0) is 6.42 Å². The lowest BCUT2D eigenvalue weighted by atomic mass is 9.99. The second-order valence-corrected chi connectivity index (χ2v) is 5.50. The highest BCUT2D eigenvalue weighted by Gasteiger charge is 2.21. The Balaban J connectivity index is 1.46. The van der Waals surface area contributed by atoms with Crippen LogP contribution in [-0.4, -0.2) is 6.10 Å². The molecular formula is C18H21NO. The maximum atomic E-state index is 6.22. The fourth-order valence-corrected chi connectivity index (χ4v) is 2.85. The molecule has 0 aromatic heterocycles. The van der Waals surface area contributed by atoms with Crippen molar-refractivity contribution in [3.05, 3.63) is 65.7 Å². The van der Waals surface area contributed by atoms with Crippen molar-refractivity contribution in [2.75, 3.05) is 0 Å². The van der Waals surface area contributed by atoms with Crippen LogP contribution in [0.5, 0.6) is 5.75 Å². The van der Waals surface area contributed by atoms with E-state index in [0.717, 1.165) is 31.4 Å². The summed E-state index contributed by atoms with van der Waals surface area (Å²) in [5.41, 5.74) is 8.79. The Hall–Kier alpha value is -1.80. The molecule has 0 radical (unpaired) electrons. The van der Waals surface area contributed by atoms with Gasteiger partial charge in [-0.15, -0.1) is 0 Å². The number of ether oxygens (including phenoxy) is 1. The third-order valence-corrected chi connectivity index (χ3v) is 3.98. The van der Waals surface area contributed by atoms with E-state index in [4.69, 9.17) is 10.5 Å². The lowest BCUT2D eigenvalue weighted by Gasteiger charge is -2.14. The number of hydrogen-bond donors (Lipinski definition) is 1. The molecule has 0 fully saturated rings. The first-order valence-corrected chi connectivity index (χ1v) is 7.38. The van der Waals surface area contributed by atoms with Crippen LogP contribution in [0.15, 0.2) is 54.6 Å². The Bertz CT molecular complexity index is 527. The summed E-state index contributed by atoms with van der Waals surface area (Å²) in [6, 6.07) is 18.8. The van der Waals surface area contributed by atoms with E-state index in [-0.39, 0.29) is 6.04 Å². The molecule has 0 aliphatic carbocycles. The van der Waals surface area contributed by atoms with Crippen LogP contribution < -0.4 is 10.5 Å². The molecule has 2 unspecified atom stereocenters. The first-order valence-electron chi connectivity index (χ1n) is 7.38. The largest absolute Gasteiger partial charge is 0.490 e. The first kappa shape index (κ1) is 13.2. The van der Waals surface area contributed by atoms with Gasteiger partial charge >= 0.3 is 0 Å². The summed E-state index contributed by atoms with van der Waals surface area (Å²) < 4.78 is 5.95. The zero-order chi connectivity index (χ0) is 13.8. The number of rotatable bonds is 5. The molecular weight excluding hydrogens is 246 g/mol. The van der Waals surface area contributed by atoms with E-state index in [1.165, 1.54) is 11.1 Å². The molecule has 3 rings (SSSR count). The molecule has 104 valence electrons. The van der Waals surface area contributed by atoms with Crippen LogP contribution in [0.1, 0.15) is 36.4 Å². The molecule has 2 N–H and O–H groups in total. The number of hydrogen-bond acceptors (Lipinski definition) is 2. The average molecular weight is 267 g/mol. The van der Waals surface area contributed by atoms with Gasteiger partial charge in [-0.25, -0.2) is 0 Å². The van der Waals surface area contributed by atoms with Crippen molar-refractivity contribution in [1.29, 1.82) is 0 Å². The predicted octanol–water partition coefficient (Wildman–Crippen LogP) is 3.86. The summed E-state index contributed by atoms with van der Waals surface area (Å²) in [5, 5.41) is 0. The van der Waals surface area contributed by atoms with E-state index in [1.807, 2.05) is 24.3 Å². The maximum Gasteiger partial charge on any atom is 0.123 e. The van der Waals surface area contributed by atoms with Crippen LogP contribution in [0.3, 0.4) is 0 Å². The predicted molar refractivity (Wildman–Crippen MR) is 81.8 cm³/mol. The molecule has 0 amide bonds. The van der Waals surface area contributed by atoms with E-state index >= 15 is 0 Å². The fraction of sp³-hybridized carbons (Fsp3) is 0.333. The monoisotopic (exact) mass is 267 g/mol. The van der Waals surface area contributed by atoms with Gasteiger partial charge in [0.15, 0.2) is 0 Å². The van der Waals surface area contributed by atoms with E-state index in [9.17, 15) is 0 Å². The van der Waals surface area contributed by atoms with Crippen LogP contribution in [0, 0.1) is 0 Å². The summed E-state index contributed by atoms with van der Waals surface area (Å²) in [7, 11) is 0. The minimum Gasteiger partial charge on any atom is -0.490 e. The normalized spacial score (nSPS) is 18.4. The molecule has 0 spiro atoms. The SMILES string of the molecule is NC(CCCC1Cc2ccccc2O1)c1ccccc1. The Labute approximate surface area is 120 Å². The van der Waals surface area contributed by atoms with Crippen LogP contribution in [0.2, 0.25) is 0 Å². The third kappa shape index (κ3) is 3.02. The van der Waals surface area contributed by atoms with E-state index in [2.05, 4.69) is 30.3 Å². The summed E-state index contributed by atoms with van der Waals surface area (Å²) in [4.78, 5) is 0. The topological polar surface area (TPSA) is 35.2 Å². The number of nitrogens with two attached hydrogens (primary N) is 1. The zero-order valence-corrected chi connectivity index (χ0v) is 11.7. The highest BCUT2D eigenvalue weighted by Crippen LogP contribution is 2.30. The van der Waals surface area contributed by atoms with E-state index < -0.39 is 0 Å². The summed E-state index contributed by atoms with van der Waals surface area (Å²) >= 11 is 0. The summed E-state index contributed by atoms with van der Waals surface area (Å²) in [6.07, 6.45) is 4.57. The molecule has 2 atom stereocenters. The lowest BCUT2D eigenvalue weighted by molar-refractivity contribution is 0.215. The number of benzene rings is 2. The van der Waals surface area contributed by atoms with E-state index in [1.54, 1.807) is 0 Å². The van der Waals surface area contributed by atoms with Crippen LogP contribution in [0.25, 0.3) is 0 Å². The molecule has 1 aliphatic heterocycles. The van der Waals surface area contributed by atoms with Gasteiger partial charge in [-0.3, -0.25) is 0 Å². The van der Waals surface area contributed by atoms with Gasteiger partial charge in [0.2, 0.25) is 0 Å². The quantitative estimate of drug-likeness (QED) is 0.892. The van der Waals surface area contributed by atoms with Gasteiger partial charge in [0.1, 0.15) is 11.9 Å². The third-order valence-electron chi connectivity index (χ3n) is 3.98. The molecule has 2 heteroatoms. The average Bonchev–Trinajstić information content (AvgIpc) is 2.90. The van der Waals surface area contributed by atoms with Crippen molar-refractivity contribution in [3.8, 4) is 5.75 Å². The van der Waals surface area contributed by atoms with Crippen molar-refractivity contribution in [3.63, 3.8) is 0 Å². The molecule has 0 saturated heterocycles. The van der Waals surface area contributed by atoms with E-state index in [0.29, 0.717) is 6.10 Å². The minimum atomic E-state index is 0.139. The van der Waals surface area contributed by atoms with Gasteiger partial charge in [-0.2, -0.15) is 0 Å². The molecule has 2 aromatic rings. The van der Waals surface area contributed by atoms with Crippen molar-refractivity contribution in [2.45, 2.75) is 37.8 Å². The molecule has 2 aromatic carbocycles. The number of fused-ring (bicyclic) bond motifs is 1. The Morgan fingerprint density at radius 2 is 1.80 bits per heavy atom. The first-order chi connectivity index (χ1) is 9.83. The highest BCUT2D eigenvalue weighted by atomic mass is 16.5. The van der Waals surface area contributed by atoms with Crippen LogP contribution >= 0.6 is 0 Å². The van der Waals surface area contributed by atoms with Gasteiger partial charge in [0.25, 0.3) is 0 Å². The van der Waals surface area contributed by atoms with Crippen molar-refractivity contribution in [1.82, 2.24) is 0 Å². The van der Waals surface area contributed by atoms with Gasteiger partial charge in [-0.1, -0.05) is 48.5 Å². The summed E-state index contributed by atoms with van der Waals surface area (Å²) in [6.45, 7) is 0. The summed E-state index contributed by atoms with van der Waals surface area (Å²) in [5.74, 6) is 1.06. The van der Waals surface area contributed by atoms with Crippen LogP contribution in [0.4, 0.5) is 0 Å². The molecule has 2 nitrogen and oxygen atoms in total. The van der Waals surface area contributed by atoms with Gasteiger partial charge < -0.3 is 10.5 Å². The van der Waals surface area contributed by atoms with Crippen molar-refractivity contribution >= 4 is 0 Å². The lowest BCUT2D eigenvalue weighted by Crippen LogP contribution is -2.15. The second kappa shape index (κ2) is 6.10. The van der Waals surface area contributed by atoms with Gasteiger partial charge in [0.05, 0.1) is 0 Å². The molecule has 0 saturated carbocycles. The van der Waals surface area contributed by atoms with Crippen molar-refractivity contribution < 1.29 is 4.74 Å². The Morgan fingerprint density at radius 3 is 2.60 bits per heavy atom. The molecule has 20 heavy (non-hydrogen) atoms. The molecule has 1 heterocycles. The van der Waals surface area contributed by atoms with Crippen molar-refractivity contribution in [2.24, 2.45) is 5.73 Å². The maximum absolute atomic E-state index is 6.22. The number of para-hydroxylation sites is 1.